The van der Waals surface area contributed by atoms with Crippen LogP contribution in [0.4, 0.5) is 5.95 Å². The highest BCUT2D eigenvalue weighted by atomic mass is 16.5. The van der Waals surface area contributed by atoms with Crippen LogP contribution in [0.1, 0.15) is 15.9 Å². The Morgan fingerprint density at radius 3 is 2.63 bits per heavy atom. The zero-order chi connectivity index (χ0) is 20.8. The Labute approximate surface area is 173 Å². The highest BCUT2D eigenvalue weighted by molar-refractivity contribution is 6.01. The van der Waals surface area contributed by atoms with E-state index in [9.17, 15) is 4.79 Å². The van der Waals surface area contributed by atoms with E-state index in [1.807, 2.05) is 59.4 Å². The molecule has 0 fully saturated rings. The number of benzene rings is 2. The number of ether oxygens (including phenoxy) is 1. The number of hydrogen-bond acceptors (Lipinski definition) is 6. The van der Waals surface area contributed by atoms with Gasteiger partial charge in [0.15, 0.2) is 0 Å². The maximum Gasteiger partial charge on any atom is 0.270 e. The van der Waals surface area contributed by atoms with Crippen LogP contribution < -0.4 is 15.6 Å². The third-order valence-electron chi connectivity index (χ3n) is 4.47. The van der Waals surface area contributed by atoms with Crippen LogP contribution in [0.2, 0.25) is 0 Å². The second-order valence-electron chi connectivity index (χ2n) is 6.45. The number of carbonyl (C=O) groups is 1. The van der Waals surface area contributed by atoms with Gasteiger partial charge in [-0.25, -0.2) is 4.98 Å². The van der Waals surface area contributed by atoms with E-state index in [0.717, 1.165) is 16.7 Å². The molecule has 2 N–H and O–H groups in total. The van der Waals surface area contributed by atoms with Crippen molar-refractivity contribution in [2.45, 2.75) is 6.54 Å². The van der Waals surface area contributed by atoms with Gasteiger partial charge in [-0.2, -0.15) is 10.1 Å². The molecule has 0 saturated carbocycles. The zero-order valence-corrected chi connectivity index (χ0v) is 16.3. The lowest BCUT2D eigenvalue weighted by Gasteiger charge is -2.12. The van der Waals surface area contributed by atoms with E-state index >= 15 is 0 Å². The normalized spacial score (nSPS) is 10.4. The van der Waals surface area contributed by atoms with Crippen molar-refractivity contribution in [3.8, 4) is 17.0 Å². The second kappa shape index (κ2) is 8.87. The van der Waals surface area contributed by atoms with Gasteiger partial charge >= 0.3 is 0 Å². The van der Waals surface area contributed by atoms with Crippen LogP contribution in [0.3, 0.4) is 0 Å². The van der Waals surface area contributed by atoms with Gasteiger partial charge in [0.05, 0.1) is 13.7 Å². The molecule has 8 nitrogen and oxygen atoms in total. The minimum absolute atomic E-state index is 0.239. The summed E-state index contributed by atoms with van der Waals surface area (Å²) >= 11 is 0. The molecule has 1 amide bonds. The molecule has 150 valence electrons. The molecule has 0 aliphatic heterocycles. The van der Waals surface area contributed by atoms with Gasteiger partial charge in [0.25, 0.3) is 5.91 Å². The predicted octanol–water partition coefficient (Wildman–Crippen LogP) is 3.15. The second-order valence-corrected chi connectivity index (χ2v) is 6.45. The average molecular weight is 400 g/mol. The van der Waals surface area contributed by atoms with Crippen molar-refractivity contribution in [3.63, 3.8) is 0 Å². The Morgan fingerprint density at radius 2 is 1.87 bits per heavy atom. The van der Waals surface area contributed by atoms with Gasteiger partial charge < -0.3 is 4.74 Å². The number of rotatable bonds is 7. The number of methoxy groups -OCH3 is 1. The summed E-state index contributed by atoms with van der Waals surface area (Å²) in [6, 6.07) is 19.0. The Bertz CT molecular complexity index is 1130. The third-order valence-corrected chi connectivity index (χ3v) is 4.47. The number of anilines is 1. The Kier molecular flexibility index (Phi) is 5.66. The van der Waals surface area contributed by atoms with Crippen LogP contribution in [0.5, 0.6) is 5.88 Å². The van der Waals surface area contributed by atoms with E-state index in [1.165, 1.54) is 7.11 Å². The van der Waals surface area contributed by atoms with Crippen molar-refractivity contribution in [2.24, 2.45) is 0 Å². The van der Waals surface area contributed by atoms with Crippen LogP contribution >= 0.6 is 0 Å². The van der Waals surface area contributed by atoms with Crippen LogP contribution in [-0.4, -0.2) is 32.8 Å². The number of amides is 1. The Hall–Kier alpha value is -4.20. The Morgan fingerprint density at radius 1 is 1.03 bits per heavy atom. The first-order chi connectivity index (χ1) is 14.7. The first-order valence-electron chi connectivity index (χ1n) is 9.32. The third kappa shape index (κ3) is 4.44. The molecule has 4 rings (SSSR count). The number of hydrogen-bond donors (Lipinski definition) is 2. The molecule has 0 aliphatic rings. The van der Waals surface area contributed by atoms with Gasteiger partial charge in [-0.05, 0) is 28.8 Å². The molecule has 0 atom stereocenters. The molecular formula is C22H20N6O2. The standard InChI is InChI=1S/C22H20N6O2/c1-30-20-11-13-23-22(25-20)27-26-21(29)19-6-3-2-5-18(19)17-9-7-16(8-10-17)15-28-14-4-12-24-28/h2-14H,15H2,1H3,(H,26,29)(H,23,25,27). The van der Waals surface area contributed by atoms with Gasteiger partial charge in [0.1, 0.15) is 0 Å². The van der Waals surface area contributed by atoms with E-state index in [1.54, 1.807) is 24.5 Å². The van der Waals surface area contributed by atoms with Gasteiger partial charge in [0.2, 0.25) is 11.8 Å². The van der Waals surface area contributed by atoms with Crippen molar-refractivity contribution < 1.29 is 9.53 Å². The lowest BCUT2D eigenvalue weighted by atomic mass is 9.98. The summed E-state index contributed by atoms with van der Waals surface area (Å²) in [5.74, 6) is 0.346. The number of nitrogens with zero attached hydrogens (tertiary/aromatic N) is 4. The molecule has 0 spiro atoms. The van der Waals surface area contributed by atoms with E-state index in [4.69, 9.17) is 4.74 Å². The molecule has 2 heterocycles. The molecule has 2 aromatic carbocycles. The van der Waals surface area contributed by atoms with Crippen molar-refractivity contribution >= 4 is 11.9 Å². The zero-order valence-electron chi connectivity index (χ0n) is 16.3. The highest BCUT2D eigenvalue weighted by Gasteiger charge is 2.13. The fourth-order valence-corrected chi connectivity index (χ4v) is 3.00. The lowest BCUT2D eigenvalue weighted by Crippen LogP contribution is -2.30. The van der Waals surface area contributed by atoms with Gasteiger partial charge in [0, 0.05) is 30.2 Å². The largest absolute Gasteiger partial charge is 0.481 e. The fraction of sp³-hybridized carbons (Fsp3) is 0.0909. The van der Waals surface area contributed by atoms with Gasteiger partial charge in [-0.3, -0.25) is 20.3 Å². The maximum absolute atomic E-state index is 12.8. The van der Waals surface area contributed by atoms with Gasteiger partial charge in [-0.15, -0.1) is 0 Å². The van der Waals surface area contributed by atoms with E-state index in [2.05, 4.69) is 25.9 Å². The fourth-order valence-electron chi connectivity index (χ4n) is 3.00. The van der Waals surface area contributed by atoms with Crippen LogP contribution in [0.25, 0.3) is 11.1 Å². The summed E-state index contributed by atoms with van der Waals surface area (Å²) in [6.07, 6.45) is 5.22. The average Bonchev–Trinajstić information content (AvgIpc) is 3.31. The minimum Gasteiger partial charge on any atom is -0.481 e. The predicted molar refractivity (Wildman–Crippen MR) is 113 cm³/mol. The first-order valence-corrected chi connectivity index (χ1v) is 9.32. The summed E-state index contributed by atoms with van der Waals surface area (Å²) in [6.45, 7) is 0.694. The lowest BCUT2D eigenvalue weighted by molar-refractivity contribution is 0.0963. The number of hydrazine groups is 1. The quantitative estimate of drug-likeness (QED) is 0.463. The number of nitrogens with one attached hydrogen (secondary N) is 2. The van der Waals surface area contributed by atoms with Crippen molar-refractivity contribution in [2.75, 3.05) is 12.5 Å². The summed E-state index contributed by atoms with van der Waals surface area (Å²) in [7, 11) is 1.52. The smallest absolute Gasteiger partial charge is 0.270 e. The van der Waals surface area contributed by atoms with Crippen LogP contribution in [0.15, 0.2) is 79.3 Å². The molecule has 8 heteroatoms. The summed E-state index contributed by atoms with van der Waals surface area (Å²) in [5.41, 5.74) is 8.79. The minimum atomic E-state index is -0.294. The maximum atomic E-state index is 12.8. The van der Waals surface area contributed by atoms with Crippen molar-refractivity contribution in [1.82, 2.24) is 25.2 Å². The van der Waals surface area contributed by atoms with Crippen molar-refractivity contribution in [3.05, 3.63) is 90.4 Å². The number of aromatic nitrogens is 4. The topological polar surface area (TPSA) is 94.0 Å². The van der Waals surface area contributed by atoms with Crippen LogP contribution in [-0.2, 0) is 6.54 Å². The van der Waals surface area contributed by atoms with Crippen molar-refractivity contribution in [1.29, 1.82) is 0 Å². The molecule has 0 saturated heterocycles. The molecule has 4 aromatic rings. The molecule has 0 radical (unpaired) electrons. The molecule has 2 aromatic heterocycles. The van der Waals surface area contributed by atoms with Crippen LogP contribution in [0, 0.1) is 0 Å². The SMILES string of the molecule is COc1ccnc(NNC(=O)c2ccccc2-c2ccc(Cn3cccn3)cc2)n1. The Balaban J connectivity index is 1.49. The first kappa shape index (κ1) is 19.1. The number of carbonyl (C=O) groups excluding carboxylic acids is 1. The molecule has 30 heavy (non-hydrogen) atoms. The monoisotopic (exact) mass is 400 g/mol. The van der Waals surface area contributed by atoms with E-state index in [-0.39, 0.29) is 11.9 Å². The summed E-state index contributed by atoms with van der Waals surface area (Å²) < 4.78 is 6.92. The highest BCUT2D eigenvalue weighted by Crippen LogP contribution is 2.24. The molecule has 0 unspecified atom stereocenters. The van der Waals surface area contributed by atoms with E-state index in [0.29, 0.717) is 18.0 Å². The molecule has 0 bridgehead atoms. The molecule has 0 aliphatic carbocycles. The molecular weight excluding hydrogens is 380 g/mol. The summed E-state index contributed by atoms with van der Waals surface area (Å²) in [5, 5.41) is 4.22. The van der Waals surface area contributed by atoms with E-state index < -0.39 is 0 Å². The summed E-state index contributed by atoms with van der Waals surface area (Å²) in [4.78, 5) is 20.9. The van der Waals surface area contributed by atoms with Gasteiger partial charge in [-0.1, -0.05) is 42.5 Å².